The molecule has 1 saturated heterocycles. The van der Waals surface area contributed by atoms with E-state index >= 15 is 0 Å². The molecular weight excluding hydrogens is 234 g/mol. The Hall–Kier alpha value is -0.770. The first-order valence-corrected chi connectivity index (χ1v) is 5.08. The first-order chi connectivity index (χ1) is 8.01. The summed E-state index contributed by atoms with van der Waals surface area (Å²) in [6, 6.07) is 0. The standard InChI is InChI=1S/C9H17NO7/c1-4(12)10-17-8-7(14)6(13)5(3-11)16-9(8)15-2/h5-9,11,13-14H,3H2,1-2H3,(H,10,12)/t5-,6-,7+,8-,9+/m1/s1. The summed E-state index contributed by atoms with van der Waals surface area (Å²) in [5.74, 6) is -0.467. The molecule has 1 heterocycles. The van der Waals surface area contributed by atoms with Crippen LogP contribution in [0.15, 0.2) is 0 Å². The molecule has 100 valence electrons. The normalized spacial score (nSPS) is 37.8. The highest BCUT2D eigenvalue weighted by atomic mass is 16.7. The van der Waals surface area contributed by atoms with Crippen LogP contribution in [0.5, 0.6) is 0 Å². The van der Waals surface area contributed by atoms with Crippen LogP contribution >= 0.6 is 0 Å². The third kappa shape index (κ3) is 3.35. The molecule has 5 atom stereocenters. The Morgan fingerprint density at radius 3 is 2.53 bits per heavy atom. The molecule has 8 nitrogen and oxygen atoms in total. The van der Waals surface area contributed by atoms with Gasteiger partial charge in [0.1, 0.15) is 18.3 Å². The van der Waals surface area contributed by atoms with Crippen molar-refractivity contribution in [2.75, 3.05) is 13.7 Å². The lowest BCUT2D eigenvalue weighted by Crippen LogP contribution is -2.61. The van der Waals surface area contributed by atoms with Gasteiger partial charge in [0.05, 0.1) is 6.61 Å². The van der Waals surface area contributed by atoms with E-state index in [2.05, 4.69) is 0 Å². The fraction of sp³-hybridized carbons (Fsp3) is 0.889. The van der Waals surface area contributed by atoms with E-state index < -0.39 is 43.2 Å². The van der Waals surface area contributed by atoms with E-state index in [1.165, 1.54) is 14.0 Å². The topological polar surface area (TPSA) is 117 Å². The van der Waals surface area contributed by atoms with Gasteiger partial charge in [-0.1, -0.05) is 0 Å². The maximum Gasteiger partial charge on any atom is 0.240 e. The minimum Gasteiger partial charge on any atom is -0.394 e. The molecule has 0 aromatic heterocycles. The van der Waals surface area contributed by atoms with Gasteiger partial charge in [-0.05, 0) is 0 Å². The van der Waals surface area contributed by atoms with Crippen LogP contribution in [0.25, 0.3) is 0 Å². The number of methoxy groups -OCH3 is 1. The van der Waals surface area contributed by atoms with E-state index in [1.807, 2.05) is 5.48 Å². The van der Waals surface area contributed by atoms with Gasteiger partial charge in [-0.15, -0.1) is 0 Å². The van der Waals surface area contributed by atoms with Gasteiger partial charge in [0.25, 0.3) is 0 Å². The van der Waals surface area contributed by atoms with Crippen LogP contribution in [0.3, 0.4) is 0 Å². The highest BCUT2D eigenvalue weighted by molar-refractivity contribution is 5.71. The molecule has 0 unspecified atom stereocenters. The summed E-state index contributed by atoms with van der Waals surface area (Å²) in [6.07, 6.45) is -5.73. The summed E-state index contributed by atoms with van der Waals surface area (Å²) in [7, 11) is 1.31. The second kappa shape index (κ2) is 6.24. The number of amides is 1. The number of nitrogens with one attached hydrogen (secondary N) is 1. The highest BCUT2D eigenvalue weighted by Crippen LogP contribution is 2.23. The number of ether oxygens (including phenoxy) is 2. The van der Waals surface area contributed by atoms with Crippen LogP contribution in [0.2, 0.25) is 0 Å². The largest absolute Gasteiger partial charge is 0.394 e. The Labute approximate surface area is 98.0 Å². The molecule has 0 saturated carbocycles. The van der Waals surface area contributed by atoms with Crippen LogP contribution in [0, 0.1) is 0 Å². The first kappa shape index (κ1) is 14.3. The van der Waals surface area contributed by atoms with E-state index in [0.29, 0.717) is 0 Å². The predicted molar refractivity (Wildman–Crippen MR) is 53.5 cm³/mol. The van der Waals surface area contributed by atoms with E-state index in [9.17, 15) is 15.0 Å². The molecule has 0 aliphatic carbocycles. The molecule has 1 aliphatic rings. The van der Waals surface area contributed by atoms with Gasteiger partial charge in [-0.2, -0.15) is 0 Å². The van der Waals surface area contributed by atoms with Gasteiger partial charge >= 0.3 is 0 Å². The molecule has 0 spiro atoms. The van der Waals surface area contributed by atoms with Crippen molar-refractivity contribution in [3.8, 4) is 0 Å². The molecule has 8 heteroatoms. The van der Waals surface area contributed by atoms with Crippen LogP contribution < -0.4 is 5.48 Å². The molecule has 1 amide bonds. The van der Waals surface area contributed by atoms with E-state index in [1.54, 1.807) is 0 Å². The smallest absolute Gasteiger partial charge is 0.240 e. The summed E-state index contributed by atoms with van der Waals surface area (Å²) in [5, 5.41) is 28.3. The number of carbonyl (C=O) groups is 1. The maximum atomic E-state index is 10.7. The molecule has 17 heavy (non-hydrogen) atoms. The average molecular weight is 251 g/mol. The van der Waals surface area contributed by atoms with Crippen molar-refractivity contribution in [1.29, 1.82) is 0 Å². The maximum absolute atomic E-state index is 10.7. The minimum atomic E-state index is -1.35. The Bertz CT molecular complexity index is 260. The Balaban J connectivity index is 2.68. The van der Waals surface area contributed by atoms with Crippen molar-refractivity contribution in [2.24, 2.45) is 0 Å². The molecule has 0 aromatic rings. The molecular formula is C9H17NO7. The van der Waals surface area contributed by atoms with Gasteiger partial charge < -0.3 is 24.8 Å². The van der Waals surface area contributed by atoms with Gasteiger partial charge in [-0.3, -0.25) is 9.63 Å². The van der Waals surface area contributed by atoms with Gasteiger partial charge in [0.15, 0.2) is 12.4 Å². The molecule has 0 bridgehead atoms. The first-order valence-electron chi connectivity index (χ1n) is 5.08. The lowest BCUT2D eigenvalue weighted by atomic mass is 9.99. The fourth-order valence-corrected chi connectivity index (χ4v) is 1.52. The number of aliphatic hydroxyl groups excluding tert-OH is 3. The SMILES string of the molecule is CO[C@H]1O[C@H](CO)[C@@H](O)[C@H](O)[C@H]1ONC(C)=O. The third-order valence-corrected chi connectivity index (χ3v) is 2.40. The van der Waals surface area contributed by atoms with Crippen molar-refractivity contribution in [2.45, 2.75) is 37.6 Å². The van der Waals surface area contributed by atoms with E-state index in [4.69, 9.17) is 19.4 Å². The number of rotatable bonds is 4. The number of carbonyl (C=O) groups excluding carboxylic acids is 1. The summed E-state index contributed by atoms with van der Waals surface area (Å²) in [4.78, 5) is 15.6. The molecule has 1 rings (SSSR count). The third-order valence-electron chi connectivity index (χ3n) is 2.40. The lowest BCUT2D eigenvalue weighted by molar-refractivity contribution is -0.311. The molecule has 1 fully saturated rings. The second-order valence-electron chi connectivity index (χ2n) is 3.68. The van der Waals surface area contributed by atoms with Crippen molar-refractivity contribution in [3.63, 3.8) is 0 Å². The monoisotopic (exact) mass is 251 g/mol. The minimum absolute atomic E-state index is 0.467. The van der Waals surface area contributed by atoms with Crippen molar-refractivity contribution in [1.82, 2.24) is 5.48 Å². The average Bonchev–Trinajstić information content (AvgIpc) is 2.30. The van der Waals surface area contributed by atoms with E-state index in [0.717, 1.165) is 0 Å². The van der Waals surface area contributed by atoms with Crippen LogP contribution in [0.4, 0.5) is 0 Å². The van der Waals surface area contributed by atoms with Gasteiger partial charge in [-0.25, -0.2) is 5.48 Å². The van der Waals surface area contributed by atoms with Crippen LogP contribution in [-0.4, -0.2) is 65.6 Å². The zero-order valence-corrected chi connectivity index (χ0v) is 9.57. The summed E-state index contributed by atoms with van der Waals surface area (Å²) in [5.41, 5.74) is 2.03. The van der Waals surface area contributed by atoms with E-state index in [-0.39, 0.29) is 0 Å². The molecule has 0 aromatic carbocycles. The number of hydroxylamine groups is 1. The highest BCUT2D eigenvalue weighted by Gasteiger charge is 2.45. The predicted octanol–water partition coefficient (Wildman–Crippen LogP) is -2.49. The van der Waals surface area contributed by atoms with Crippen LogP contribution in [0.1, 0.15) is 6.92 Å². The van der Waals surface area contributed by atoms with Gasteiger partial charge in [0, 0.05) is 14.0 Å². The molecule has 1 aliphatic heterocycles. The van der Waals surface area contributed by atoms with Gasteiger partial charge in [0.2, 0.25) is 5.91 Å². The Kier molecular flexibility index (Phi) is 5.25. The summed E-state index contributed by atoms with van der Waals surface area (Å²) < 4.78 is 10.1. The van der Waals surface area contributed by atoms with Crippen molar-refractivity contribution >= 4 is 5.91 Å². The number of aliphatic hydroxyl groups is 3. The van der Waals surface area contributed by atoms with Crippen molar-refractivity contribution in [3.05, 3.63) is 0 Å². The quantitative estimate of drug-likeness (QED) is 0.408. The number of hydrogen-bond donors (Lipinski definition) is 4. The van der Waals surface area contributed by atoms with Crippen molar-refractivity contribution < 1.29 is 34.4 Å². The summed E-state index contributed by atoms with van der Waals surface area (Å²) >= 11 is 0. The Morgan fingerprint density at radius 2 is 2.06 bits per heavy atom. The Morgan fingerprint density at radius 1 is 1.41 bits per heavy atom. The summed E-state index contributed by atoms with van der Waals surface area (Å²) in [6.45, 7) is 0.760. The molecule has 4 N–H and O–H groups in total. The zero-order valence-electron chi connectivity index (χ0n) is 9.57. The second-order valence-corrected chi connectivity index (χ2v) is 3.68. The fourth-order valence-electron chi connectivity index (χ4n) is 1.52. The lowest BCUT2D eigenvalue weighted by Gasteiger charge is -2.40. The zero-order chi connectivity index (χ0) is 13.0. The molecule has 0 radical (unpaired) electrons. The van der Waals surface area contributed by atoms with Crippen LogP contribution in [-0.2, 0) is 19.1 Å². The number of hydrogen-bond acceptors (Lipinski definition) is 7.